The van der Waals surface area contributed by atoms with Gasteiger partial charge in [-0.3, -0.25) is 4.79 Å². The first-order chi connectivity index (χ1) is 9.47. The molecule has 0 aliphatic heterocycles. The van der Waals surface area contributed by atoms with Gasteiger partial charge in [-0.1, -0.05) is 6.07 Å². The number of fused-ring (bicyclic) bond motifs is 1. The molecule has 1 amide bonds. The van der Waals surface area contributed by atoms with Crippen molar-refractivity contribution in [3.05, 3.63) is 35.6 Å². The first-order valence-corrected chi connectivity index (χ1v) is 5.91. The molecule has 7 heteroatoms. The third-order valence-corrected chi connectivity index (χ3v) is 2.79. The minimum Gasteiger partial charge on any atom is -0.475 e. The molecule has 0 fully saturated rings. The summed E-state index contributed by atoms with van der Waals surface area (Å²) in [7, 11) is 0. The van der Waals surface area contributed by atoms with Gasteiger partial charge in [0, 0.05) is 18.5 Å². The van der Waals surface area contributed by atoms with Crippen molar-refractivity contribution in [1.82, 2.24) is 5.32 Å². The minimum absolute atomic E-state index is 0.0547. The molecule has 7 nitrogen and oxygen atoms in total. The van der Waals surface area contributed by atoms with Crippen LogP contribution in [0.25, 0.3) is 11.0 Å². The maximum absolute atomic E-state index is 10.8. The normalized spacial score (nSPS) is 12.4. The van der Waals surface area contributed by atoms with Gasteiger partial charge in [-0.25, -0.2) is 4.79 Å². The molecule has 0 spiro atoms. The summed E-state index contributed by atoms with van der Waals surface area (Å²) in [4.78, 5) is 21.4. The molecule has 0 saturated heterocycles. The highest BCUT2D eigenvalue weighted by Crippen LogP contribution is 2.20. The number of rotatable bonds is 6. The van der Waals surface area contributed by atoms with Gasteiger partial charge >= 0.3 is 5.97 Å². The molecule has 1 aromatic heterocycles. The van der Waals surface area contributed by atoms with Gasteiger partial charge in [-0.2, -0.15) is 0 Å². The fourth-order valence-corrected chi connectivity index (χ4v) is 1.76. The van der Waals surface area contributed by atoms with E-state index in [4.69, 9.17) is 15.3 Å². The number of carbonyl (C=O) groups excluding carboxylic acids is 1. The highest BCUT2D eigenvalue weighted by Gasteiger charge is 2.11. The molecule has 0 aliphatic carbocycles. The predicted octanol–water partition coefficient (Wildman–Crippen LogP) is 0.0668. The van der Waals surface area contributed by atoms with Crippen LogP contribution >= 0.6 is 0 Å². The van der Waals surface area contributed by atoms with Crippen LogP contribution in [0.1, 0.15) is 16.1 Å². The zero-order valence-electron chi connectivity index (χ0n) is 10.5. The number of amides is 1. The summed E-state index contributed by atoms with van der Waals surface area (Å²) >= 11 is 0. The molecule has 5 N–H and O–H groups in total. The number of benzene rings is 1. The van der Waals surface area contributed by atoms with Gasteiger partial charge < -0.3 is 25.7 Å². The van der Waals surface area contributed by atoms with Crippen LogP contribution in [0.5, 0.6) is 0 Å². The molecule has 1 aromatic carbocycles. The molecule has 0 saturated carbocycles. The lowest BCUT2D eigenvalue weighted by Gasteiger charge is -2.08. The average Bonchev–Trinajstić information content (AvgIpc) is 2.81. The van der Waals surface area contributed by atoms with Crippen LogP contribution in [0.2, 0.25) is 0 Å². The molecular weight excluding hydrogens is 264 g/mol. The van der Waals surface area contributed by atoms with E-state index in [9.17, 15) is 14.7 Å². The number of nitrogens with two attached hydrogens (primary N) is 1. The minimum atomic E-state index is -1.23. The van der Waals surface area contributed by atoms with Crippen LogP contribution in [0.4, 0.5) is 0 Å². The van der Waals surface area contributed by atoms with Gasteiger partial charge in [-0.15, -0.1) is 0 Å². The van der Waals surface area contributed by atoms with Gasteiger partial charge in [0.05, 0.1) is 0 Å². The Kier molecular flexibility index (Phi) is 4.02. The average molecular weight is 278 g/mol. The summed E-state index contributed by atoms with van der Waals surface area (Å²) in [6.07, 6.45) is -1.23. The number of hydrogen-bond donors (Lipinski definition) is 4. The third-order valence-electron chi connectivity index (χ3n) is 2.79. The summed E-state index contributed by atoms with van der Waals surface area (Å²) in [6.45, 7) is 0.465. The highest BCUT2D eigenvalue weighted by atomic mass is 16.4. The zero-order valence-corrected chi connectivity index (χ0v) is 10.5. The van der Waals surface area contributed by atoms with E-state index in [1.165, 1.54) is 6.07 Å². The van der Waals surface area contributed by atoms with Crippen molar-refractivity contribution in [3.63, 3.8) is 0 Å². The number of primary amides is 1. The second kappa shape index (κ2) is 5.72. The Morgan fingerprint density at radius 3 is 2.75 bits per heavy atom. The van der Waals surface area contributed by atoms with Crippen molar-refractivity contribution in [2.45, 2.75) is 12.6 Å². The molecule has 106 valence electrons. The predicted molar refractivity (Wildman–Crippen MR) is 70.1 cm³/mol. The first-order valence-electron chi connectivity index (χ1n) is 5.91. The molecule has 0 bridgehead atoms. The van der Waals surface area contributed by atoms with Crippen molar-refractivity contribution in [1.29, 1.82) is 0 Å². The second-order valence-corrected chi connectivity index (χ2v) is 4.34. The lowest BCUT2D eigenvalue weighted by atomic mass is 10.1. The van der Waals surface area contributed by atoms with Crippen LogP contribution in [-0.2, 0) is 11.3 Å². The second-order valence-electron chi connectivity index (χ2n) is 4.34. The molecular formula is C13H14N2O5. The fourth-order valence-electron chi connectivity index (χ4n) is 1.76. The molecule has 0 aliphatic rings. The van der Waals surface area contributed by atoms with E-state index in [-0.39, 0.29) is 12.3 Å². The topological polar surface area (TPSA) is 126 Å². The Hall–Kier alpha value is -2.38. The quantitative estimate of drug-likeness (QED) is 0.592. The van der Waals surface area contributed by atoms with Crippen molar-refractivity contribution in [2.75, 3.05) is 6.54 Å². The van der Waals surface area contributed by atoms with Crippen LogP contribution in [0.15, 0.2) is 28.7 Å². The van der Waals surface area contributed by atoms with Crippen LogP contribution in [0, 0.1) is 0 Å². The van der Waals surface area contributed by atoms with E-state index in [0.717, 1.165) is 5.56 Å². The summed E-state index contributed by atoms with van der Waals surface area (Å²) in [5.41, 5.74) is 6.28. The number of carboxylic acids is 1. The Balaban J connectivity index is 2.04. The molecule has 2 aromatic rings. The van der Waals surface area contributed by atoms with Crippen molar-refractivity contribution < 1.29 is 24.2 Å². The Bertz CT molecular complexity index is 649. The standard InChI is InChI=1S/C13H14N2O5/c14-12(17)9(16)6-15-5-7-1-2-10-8(3-7)4-11(20-10)13(18)19/h1-4,9,15-16H,5-6H2,(H2,14,17)(H,18,19). The van der Waals surface area contributed by atoms with Crippen LogP contribution in [-0.4, -0.2) is 34.7 Å². The van der Waals surface area contributed by atoms with Crippen LogP contribution < -0.4 is 11.1 Å². The lowest BCUT2D eigenvalue weighted by Crippen LogP contribution is -2.37. The van der Waals surface area contributed by atoms with E-state index in [1.807, 2.05) is 0 Å². The fraction of sp³-hybridized carbons (Fsp3) is 0.231. The number of carboxylic acid groups (broad SMARTS) is 1. The number of hydrogen-bond acceptors (Lipinski definition) is 5. The molecule has 1 heterocycles. The molecule has 2 rings (SSSR count). The summed E-state index contributed by atoms with van der Waals surface area (Å²) < 4.78 is 5.14. The van der Waals surface area contributed by atoms with Crippen LogP contribution in [0.3, 0.4) is 0 Å². The maximum atomic E-state index is 10.8. The lowest BCUT2D eigenvalue weighted by molar-refractivity contribution is -0.125. The first kappa shape index (κ1) is 14.0. The van der Waals surface area contributed by atoms with E-state index in [1.54, 1.807) is 18.2 Å². The highest BCUT2D eigenvalue weighted by molar-refractivity contribution is 5.91. The van der Waals surface area contributed by atoms with Gasteiger partial charge in [0.15, 0.2) is 0 Å². The summed E-state index contributed by atoms with van der Waals surface area (Å²) in [5.74, 6) is -2.02. The smallest absolute Gasteiger partial charge is 0.371 e. The van der Waals surface area contributed by atoms with E-state index in [0.29, 0.717) is 17.5 Å². The van der Waals surface area contributed by atoms with Crippen molar-refractivity contribution in [2.24, 2.45) is 5.73 Å². The Morgan fingerprint density at radius 1 is 1.35 bits per heavy atom. The third kappa shape index (κ3) is 3.14. The summed E-state index contributed by atoms with van der Waals surface area (Å²) in [5, 5.41) is 21.6. The largest absolute Gasteiger partial charge is 0.475 e. The van der Waals surface area contributed by atoms with Crippen molar-refractivity contribution in [3.8, 4) is 0 Å². The Labute approximate surface area is 114 Å². The van der Waals surface area contributed by atoms with E-state index in [2.05, 4.69) is 5.32 Å². The number of aliphatic hydroxyl groups is 1. The van der Waals surface area contributed by atoms with E-state index < -0.39 is 18.0 Å². The van der Waals surface area contributed by atoms with Gasteiger partial charge in [0.1, 0.15) is 11.7 Å². The number of aliphatic hydroxyl groups excluding tert-OH is 1. The van der Waals surface area contributed by atoms with Crippen molar-refractivity contribution >= 4 is 22.8 Å². The SMILES string of the molecule is NC(=O)C(O)CNCc1ccc2oc(C(=O)O)cc2c1. The molecule has 20 heavy (non-hydrogen) atoms. The Morgan fingerprint density at radius 2 is 2.10 bits per heavy atom. The van der Waals surface area contributed by atoms with Gasteiger partial charge in [0.2, 0.25) is 11.7 Å². The number of furan rings is 1. The van der Waals surface area contributed by atoms with Gasteiger partial charge in [-0.05, 0) is 23.8 Å². The van der Waals surface area contributed by atoms with E-state index >= 15 is 0 Å². The number of aromatic carboxylic acids is 1. The van der Waals surface area contributed by atoms with Gasteiger partial charge in [0.25, 0.3) is 0 Å². The maximum Gasteiger partial charge on any atom is 0.371 e. The molecule has 1 unspecified atom stereocenters. The summed E-state index contributed by atoms with van der Waals surface area (Å²) in [6, 6.07) is 6.65. The molecule has 1 atom stereocenters. The number of nitrogens with one attached hydrogen (secondary N) is 1. The zero-order chi connectivity index (χ0) is 14.7. The number of carbonyl (C=O) groups is 2. The molecule has 0 radical (unpaired) electrons. The monoisotopic (exact) mass is 278 g/mol.